The van der Waals surface area contributed by atoms with Crippen LogP contribution in [0.5, 0.6) is 0 Å². The predicted molar refractivity (Wildman–Crippen MR) is 58.4 cm³/mol. The van der Waals surface area contributed by atoms with E-state index in [1.807, 2.05) is 12.1 Å². The van der Waals surface area contributed by atoms with Crippen molar-refractivity contribution < 1.29 is 21.7 Å². The minimum Gasteiger partial charge on any atom is -0.442 e. The van der Waals surface area contributed by atoms with E-state index < -0.39 is 0 Å². The number of rotatable bonds is 0. The van der Waals surface area contributed by atoms with Gasteiger partial charge in [0.15, 0.2) is 0 Å². The monoisotopic (exact) mass is 307 g/mol. The van der Waals surface area contributed by atoms with Crippen molar-refractivity contribution in [1.82, 2.24) is 9.97 Å². The zero-order chi connectivity index (χ0) is 8.97. The molecule has 13 heavy (non-hydrogen) atoms. The molecule has 0 saturated heterocycles. The molecule has 0 aliphatic rings. The molecule has 2 rings (SSSR count). The summed E-state index contributed by atoms with van der Waals surface area (Å²) in [4.78, 5) is 8.11. The van der Waals surface area contributed by atoms with Crippen LogP contribution < -0.4 is 4.98 Å². The van der Waals surface area contributed by atoms with E-state index in [1.165, 1.54) is 0 Å². The molecule has 2 aromatic rings. The van der Waals surface area contributed by atoms with Crippen molar-refractivity contribution in [3.8, 4) is 0 Å². The summed E-state index contributed by atoms with van der Waals surface area (Å²) in [6.07, 6.45) is 3.50. The summed E-state index contributed by atoms with van der Waals surface area (Å²) >= 11 is 7.22. The van der Waals surface area contributed by atoms with Crippen molar-refractivity contribution in [3.05, 3.63) is 29.0 Å². The topological polar surface area (TPSA) is 27.0 Å². The normalized spacial score (nSPS) is 8.38. The standard InChI is InChI=1S/C7H4BrN2.HPS.Ti/c8-6-3-5-1-2-9-7(5)10-4-6;1-2;/h1-4H;1H;/q-1;;. The van der Waals surface area contributed by atoms with Gasteiger partial charge < -0.3 is 9.97 Å². The second-order valence-corrected chi connectivity index (χ2v) is 2.93. The van der Waals surface area contributed by atoms with Gasteiger partial charge in [-0.15, -0.1) is 0 Å². The average molecular weight is 308 g/mol. The van der Waals surface area contributed by atoms with Crippen molar-refractivity contribution in [2.75, 3.05) is 0 Å². The van der Waals surface area contributed by atoms with Gasteiger partial charge in [-0.2, -0.15) is 0 Å². The molecule has 0 unspecified atom stereocenters. The van der Waals surface area contributed by atoms with Gasteiger partial charge in [-0.3, -0.25) is 0 Å². The fourth-order valence-corrected chi connectivity index (χ4v) is 1.22. The molecule has 0 radical (unpaired) electrons. The molecule has 0 aliphatic carbocycles. The predicted octanol–water partition coefficient (Wildman–Crippen LogP) is 2.54. The first kappa shape index (κ1) is 13.4. The summed E-state index contributed by atoms with van der Waals surface area (Å²) in [6, 6.07) is 3.93. The number of halogens is 1. The van der Waals surface area contributed by atoms with E-state index in [9.17, 15) is 0 Å². The molecule has 0 saturated carbocycles. The van der Waals surface area contributed by atoms with E-state index in [4.69, 9.17) is 0 Å². The molecule has 0 amide bonds. The molecule has 2 heterocycles. The molecule has 0 aromatic carbocycles. The summed E-state index contributed by atoms with van der Waals surface area (Å²) in [7, 11) is 2.56. The molecular formula is C7H5BrN2PSTi-. The van der Waals surface area contributed by atoms with E-state index in [2.05, 4.69) is 45.7 Å². The Labute approximate surface area is 107 Å². The van der Waals surface area contributed by atoms with Gasteiger partial charge in [-0.25, -0.2) is 0 Å². The molecule has 2 aromatic heterocycles. The first-order valence-electron chi connectivity index (χ1n) is 3.09. The zero-order valence-electron chi connectivity index (χ0n) is 6.49. The van der Waals surface area contributed by atoms with E-state index in [1.54, 1.807) is 12.4 Å². The molecule has 6 heteroatoms. The SMILES string of the molecule is Brc1cnc2[n-]ccc2c1.P=S.[Ti]. The van der Waals surface area contributed by atoms with E-state index in [0.29, 0.717) is 0 Å². The molecule has 0 spiro atoms. The first-order chi connectivity index (χ1) is 5.86. The Kier molecular flexibility index (Phi) is 7.01. The minimum absolute atomic E-state index is 0. The fraction of sp³-hybridized carbons (Fsp3) is 0. The van der Waals surface area contributed by atoms with Crippen LogP contribution in [0.15, 0.2) is 29.0 Å². The Morgan fingerprint density at radius 1 is 1.46 bits per heavy atom. The van der Waals surface area contributed by atoms with Crippen LogP contribution in [0.3, 0.4) is 0 Å². The third-order valence-corrected chi connectivity index (χ3v) is 1.75. The Balaban J connectivity index is 0.000000451. The van der Waals surface area contributed by atoms with Gasteiger partial charge in [0.2, 0.25) is 0 Å². The van der Waals surface area contributed by atoms with Crippen LogP contribution in [0.25, 0.3) is 11.0 Å². The average Bonchev–Trinajstić information content (AvgIpc) is 2.54. The van der Waals surface area contributed by atoms with Gasteiger partial charge in [-0.1, -0.05) is 51.8 Å². The molecule has 66 valence electrons. The van der Waals surface area contributed by atoms with Gasteiger partial charge in [0, 0.05) is 26.2 Å². The molecule has 0 N–H and O–H groups in total. The van der Waals surface area contributed by atoms with Crippen LogP contribution in [0, 0.1) is 0 Å². The second kappa shape index (κ2) is 6.80. The fourth-order valence-electron chi connectivity index (χ4n) is 0.866. The molecule has 2 nitrogen and oxygen atoms in total. The van der Waals surface area contributed by atoms with Gasteiger partial charge >= 0.3 is 0 Å². The summed E-state index contributed by atoms with van der Waals surface area (Å²) < 4.78 is 0.994. The van der Waals surface area contributed by atoms with E-state index in [-0.39, 0.29) is 21.7 Å². The summed E-state index contributed by atoms with van der Waals surface area (Å²) in [5.74, 6) is 0. The third kappa shape index (κ3) is 3.57. The number of hydrogen-bond donors (Lipinski definition) is 0. The van der Waals surface area contributed by atoms with Crippen LogP contribution >= 0.6 is 23.9 Å². The number of hydrogen-bond acceptors (Lipinski definition) is 2. The summed E-state index contributed by atoms with van der Waals surface area (Å²) in [5.41, 5.74) is 0.809. The van der Waals surface area contributed by atoms with E-state index >= 15 is 0 Å². The van der Waals surface area contributed by atoms with E-state index in [0.717, 1.165) is 15.5 Å². The Morgan fingerprint density at radius 2 is 2.15 bits per heavy atom. The van der Waals surface area contributed by atoms with Crippen LogP contribution in [0.2, 0.25) is 0 Å². The molecule has 0 aliphatic heterocycles. The Hall–Kier alpha value is 0.404. The van der Waals surface area contributed by atoms with Gasteiger partial charge in [0.05, 0.1) is 0 Å². The summed E-state index contributed by atoms with van der Waals surface area (Å²) in [6.45, 7) is 0. The number of aromatic nitrogens is 2. The smallest absolute Gasteiger partial charge is 0.0140 e. The second-order valence-electron chi connectivity index (χ2n) is 2.01. The van der Waals surface area contributed by atoms with Gasteiger partial charge in [-0.05, 0) is 19.5 Å². The van der Waals surface area contributed by atoms with Crippen LogP contribution in [-0.2, 0) is 33.5 Å². The minimum atomic E-state index is 0. The maximum Gasteiger partial charge on any atom is 0.0140 e. The van der Waals surface area contributed by atoms with Crippen molar-refractivity contribution in [2.24, 2.45) is 0 Å². The molecule has 0 fully saturated rings. The zero-order valence-corrected chi connectivity index (χ0v) is 11.5. The first-order valence-corrected chi connectivity index (χ1v) is 5.52. The van der Waals surface area contributed by atoms with Crippen LogP contribution in [-0.4, -0.2) is 4.98 Å². The molecular weight excluding hydrogens is 303 g/mol. The molecule has 0 bridgehead atoms. The number of pyridine rings is 1. The Bertz CT molecular complexity index is 381. The van der Waals surface area contributed by atoms with Crippen LogP contribution in [0.4, 0.5) is 0 Å². The third-order valence-electron chi connectivity index (χ3n) is 1.31. The largest absolute Gasteiger partial charge is 0.442 e. The number of fused-ring (bicyclic) bond motifs is 1. The van der Waals surface area contributed by atoms with Crippen LogP contribution in [0.1, 0.15) is 0 Å². The van der Waals surface area contributed by atoms with Crippen molar-refractivity contribution >= 4 is 46.8 Å². The van der Waals surface area contributed by atoms with Gasteiger partial charge in [0.1, 0.15) is 0 Å². The van der Waals surface area contributed by atoms with Crippen molar-refractivity contribution in [3.63, 3.8) is 0 Å². The maximum atomic E-state index is 4.08. The molecule has 0 atom stereocenters. The quantitative estimate of drug-likeness (QED) is 0.553. The summed E-state index contributed by atoms with van der Waals surface area (Å²) in [5, 5.41) is 1.08. The van der Waals surface area contributed by atoms with Crippen molar-refractivity contribution in [1.29, 1.82) is 0 Å². The maximum absolute atomic E-state index is 4.08. The van der Waals surface area contributed by atoms with Crippen molar-refractivity contribution in [2.45, 2.75) is 0 Å². The number of nitrogens with zero attached hydrogens (tertiary/aromatic N) is 2. The Morgan fingerprint density at radius 3 is 2.85 bits per heavy atom. The van der Waals surface area contributed by atoms with Gasteiger partial charge in [0.25, 0.3) is 0 Å².